The van der Waals surface area contributed by atoms with E-state index < -0.39 is 0 Å². The Morgan fingerprint density at radius 1 is 1.28 bits per heavy atom. The number of ether oxygens (including phenoxy) is 1. The van der Waals surface area contributed by atoms with Gasteiger partial charge < -0.3 is 10.1 Å². The molecule has 1 aliphatic heterocycles. The average molecular weight is 254 g/mol. The average Bonchev–Trinajstić information content (AvgIpc) is 2.40. The summed E-state index contributed by atoms with van der Waals surface area (Å²) in [4.78, 5) is 2.55. The fourth-order valence-electron chi connectivity index (χ4n) is 2.34. The molecule has 0 radical (unpaired) electrons. The number of rotatable bonds is 10. The summed E-state index contributed by atoms with van der Waals surface area (Å²) >= 11 is 0. The Balaban J connectivity index is 1.94. The highest BCUT2D eigenvalue weighted by Crippen LogP contribution is 2.11. The lowest BCUT2D eigenvalue weighted by Crippen LogP contribution is -2.30. The Bertz CT molecular complexity index is 229. The van der Waals surface area contributed by atoms with Crippen LogP contribution in [0, 0.1) is 0 Å². The lowest BCUT2D eigenvalue weighted by Gasteiger charge is -2.26. The molecule has 3 nitrogen and oxygen atoms in total. The molecule has 1 rings (SSSR count). The third-order valence-electron chi connectivity index (χ3n) is 3.47. The summed E-state index contributed by atoms with van der Waals surface area (Å²) in [5.74, 6) is 0. The Kier molecular flexibility index (Phi) is 9.17. The zero-order chi connectivity index (χ0) is 13.1. The van der Waals surface area contributed by atoms with Crippen molar-refractivity contribution < 1.29 is 4.74 Å². The van der Waals surface area contributed by atoms with Gasteiger partial charge in [0.15, 0.2) is 0 Å². The van der Waals surface area contributed by atoms with E-state index in [1.807, 2.05) is 0 Å². The molecule has 0 fully saturated rings. The zero-order valence-corrected chi connectivity index (χ0v) is 12.2. The van der Waals surface area contributed by atoms with E-state index >= 15 is 0 Å². The van der Waals surface area contributed by atoms with Crippen molar-refractivity contribution in [2.24, 2.45) is 0 Å². The highest BCUT2D eigenvalue weighted by molar-refractivity contribution is 5.07. The fraction of sp³-hybridized carbons (Fsp3) is 0.867. The van der Waals surface area contributed by atoms with Crippen LogP contribution in [-0.2, 0) is 4.74 Å². The third-order valence-corrected chi connectivity index (χ3v) is 3.47. The molecule has 1 N–H and O–H groups in total. The molecule has 0 spiro atoms. The first-order valence-electron chi connectivity index (χ1n) is 7.46. The summed E-state index contributed by atoms with van der Waals surface area (Å²) in [5, 5.41) is 3.46. The van der Waals surface area contributed by atoms with Gasteiger partial charge in [-0.3, -0.25) is 4.90 Å². The maximum Gasteiger partial charge on any atom is 0.0673 e. The van der Waals surface area contributed by atoms with Crippen molar-refractivity contribution in [3.8, 4) is 0 Å². The molecule has 0 atom stereocenters. The highest BCUT2D eigenvalue weighted by Gasteiger charge is 2.10. The molecule has 3 heteroatoms. The van der Waals surface area contributed by atoms with Crippen molar-refractivity contribution in [3.05, 3.63) is 11.6 Å². The first kappa shape index (κ1) is 15.7. The van der Waals surface area contributed by atoms with E-state index in [0.29, 0.717) is 0 Å². The number of unbranched alkanes of at least 4 members (excludes halogenated alkanes) is 2. The Morgan fingerprint density at radius 3 is 2.83 bits per heavy atom. The van der Waals surface area contributed by atoms with Crippen LogP contribution < -0.4 is 5.32 Å². The molecule has 106 valence electrons. The molecule has 0 aromatic heterocycles. The van der Waals surface area contributed by atoms with E-state index in [0.717, 1.165) is 13.2 Å². The van der Waals surface area contributed by atoms with Crippen LogP contribution in [0.1, 0.15) is 39.0 Å². The van der Waals surface area contributed by atoms with Gasteiger partial charge in [0.25, 0.3) is 0 Å². The Labute approximate surface area is 113 Å². The minimum Gasteiger partial charge on any atom is -0.380 e. The number of nitrogens with one attached hydrogen (secondary N) is 1. The predicted molar refractivity (Wildman–Crippen MR) is 78.0 cm³/mol. The zero-order valence-electron chi connectivity index (χ0n) is 12.2. The van der Waals surface area contributed by atoms with Crippen molar-refractivity contribution in [2.45, 2.75) is 39.0 Å². The first-order valence-corrected chi connectivity index (χ1v) is 7.46. The summed E-state index contributed by atoms with van der Waals surface area (Å²) in [6, 6.07) is 0. The lowest BCUT2D eigenvalue weighted by atomic mass is 10.1. The second kappa shape index (κ2) is 10.5. The summed E-state index contributed by atoms with van der Waals surface area (Å²) < 4.78 is 5.17. The summed E-state index contributed by atoms with van der Waals surface area (Å²) in [5.41, 5.74) is 1.47. The molecule has 1 heterocycles. The van der Waals surface area contributed by atoms with Crippen LogP contribution in [0.5, 0.6) is 0 Å². The monoisotopic (exact) mass is 254 g/mol. The van der Waals surface area contributed by atoms with Crippen molar-refractivity contribution in [1.82, 2.24) is 10.2 Å². The van der Waals surface area contributed by atoms with Crippen LogP contribution in [0.2, 0.25) is 0 Å². The van der Waals surface area contributed by atoms with Gasteiger partial charge in [-0.2, -0.15) is 0 Å². The summed E-state index contributed by atoms with van der Waals surface area (Å²) in [6.07, 6.45) is 8.77. The van der Waals surface area contributed by atoms with Crippen molar-refractivity contribution in [2.75, 3.05) is 46.4 Å². The number of nitrogens with zero attached hydrogens (tertiary/aromatic N) is 1. The predicted octanol–water partition coefficient (Wildman–Crippen LogP) is 2.43. The molecule has 0 unspecified atom stereocenters. The highest BCUT2D eigenvalue weighted by atomic mass is 16.5. The molecule has 1 aliphatic rings. The van der Waals surface area contributed by atoms with Gasteiger partial charge in [-0.1, -0.05) is 19.4 Å². The smallest absolute Gasteiger partial charge is 0.0673 e. The van der Waals surface area contributed by atoms with Gasteiger partial charge in [0.05, 0.1) is 6.61 Å². The SMILES string of the molecule is CCCNCCCCCN1CC=C(COC)CC1. The lowest BCUT2D eigenvalue weighted by molar-refractivity contribution is 0.211. The van der Waals surface area contributed by atoms with Gasteiger partial charge in [0, 0.05) is 20.2 Å². The van der Waals surface area contributed by atoms with Crippen LogP contribution in [0.4, 0.5) is 0 Å². The van der Waals surface area contributed by atoms with Crippen LogP contribution >= 0.6 is 0 Å². The normalized spacial score (nSPS) is 16.9. The Morgan fingerprint density at radius 2 is 2.17 bits per heavy atom. The van der Waals surface area contributed by atoms with Crippen LogP contribution in [-0.4, -0.2) is 51.3 Å². The van der Waals surface area contributed by atoms with Crippen LogP contribution in [0.25, 0.3) is 0 Å². The second-order valence-electron chi connectivity index (χ2n) is 5.16. The van der Waals surface area contributed by atoms with Gasteiger partial charge in [-0.05, 0) is 50.9 Å². The van der Waals surface area contributed by atoms with E-state index in [1.165, 1.54) is 63.9 Å². The minimum atomic E-state index is 0.816. The Hall–Kier alpha value is -0.380. The summed E-state index contributed by atoms with van der Waals surface area (Å²) in [6.45, 7) is 8.97. The quantitative estimate of drug-likeness (QED) is 0.479. The van der Waals surface area contributed by atoms with E-state index in [1.54, 1.807) is 7.11 Å². The molecule has 0 aromatic carbocycles. The maximum absolute atomic E-state index is 5.17. The maximum atomic E-state index is 5.17. The third kappa shape index (κ3) is 7.14. The van der Waals surface area contributed by atoms with Gasteiger partial charge in [-0.25, -0.2) is 0 Å². The molecule has 0 aromatic rings. The minimum absolute atomic E-state index is 0.816. The molecule has 0 bridgehead atoms. The van der Waals surface area contributed by atoms with E-state index in [4.69, 9.17) is 4.74 Å². The van der Waals surface area contributed by atoms with Crippen molar-refractivity contribution in [1.29, 1.82) is 0 Å². The van der Waals surface area contributed by atoms with Crippen molar-refractivity contribution in [3.63, 3.8) is 0 Å². The molecule has 0 saturated carbocycles. The van der Waals surface area contributed by atoms with Crippen LogP contribution in [0.15, 0.2) is 11.6 Å². The molecule has 0 aliphatic carbocycles. The van der Waals surface area contributed by atoms with E-state index in [9.17, 15) is 0 Å². The molecular weight excluding hydrogens is 224 g/mol. The molecule has 18 heavy (non-hydrogen) atoms. The van der Waals surface area contributed by atoms with Crippen molar-refractivity contribution >= 4 is 0 Å². The fourth-order valence-corrected chi connectivity index (χ4v) is 2.34. The second-order valence-corrected chi connectivity index (χ2v) is 5.16. The van der Waals surface area contributed by atoms with Gasteiger partial charge in [-0.15, -0.1) is 0 Å². The summed E-state index contributed by atoms with van der Waals surface area (Å²) in [7, 11) is 1.78. The van der Waals surface area contributed by atoms with Gasteiger partial charge in [0.1, 0.15) is 0 Å². The molecule has 0 saturated heterocycles. The number of methoxy groups -OCH3 is 1. The largest absolute Gasteiger partial charge is 0.380 e. The molecule has 0 amide bonds. The van der Waals surface area contributed by atoms with Crippen LogP contribution in [0.3, 0.4) is 0 Å². The number of hydrogen-bond acceptors (Lipinski definition) is 3. The first-order chi connectivity index (χ1) is 8.86. The van der Waals surface area contributed by atoms with Gasteiger partial charge in [0.2, 0.25) is 0 Å². The van der Waals surface area contributed by atoms with Gasteiger partial charge >= 0.3 is 0 Å². The number of hydrogen-bond donors (Lipinski definition) is 1. The van der Waals surface area contributed by atoms with E-state index in [-0.39, 0.29) is 0 Å². The standard InChI is InChI=1S/C15H30N2O/c1-3-9-16-10-5-4-6-11-17-12-7-15(8-13-17)14-18-2/h7,16H,3-6,8-14H2,1-2H3. The topological polar surface area (TPSA) is 24.5 Å². The van der Waals surface area contributed by atoms with E-state index in [2.05, 4.69) is 23.2 Å². The molecular formula is C15H30N2O.